The van der Waals surface area contributed by atoms with Crippen LogP contribution in [0.1, 0.15) is 45.2 Å². The number of anilines is 1. The molecule has 1 aliphatic heterocycles. The number of piperazine rings is 1. The van der Waals surface area contributed by atoms with Gasteiger partial charge in [-0.15, -0.1) is 0 Å². The summed E-state index contributed by atoms with van der Waals surface area (Å²) in [5.41, 5.74) is 1.09. The highest BCUT2D eigenvalue weighted by atomic mass is 19.4. The van der Waals surface area contributed by atoms with Gasteiger partial charge in [0.15, 0.2) is 6.10 Å². The number of hydrogen-bond donors (Lipinski definition) is 0. The minimum absolute atomic E-state index is 0.0395. The van der Waals surface area contributed by atoms with Crippen LogP contribution in [0.15, 0.2) is 48.5 Å². The van der Waals surface area contributed by atoms with Crippen LogP contribution < -0.4 is 9.64 Å². The lowest BCUT2D eigenvalue weighted by atomic mass is 9.87. The first-order valence-electron chi connectivity index (χ1n) is 11.0. The first-order valence-corrected chi connectivity index (χ1v) is 11.0. The average molecular weight is 449 g/mol. The molecule has 3 rings (SSSR count). The number of ether oxygens (including phenoxy) is 1. The molecule has 2 aromatic rings. The summed E-state index contributed by atoms with van der Waals surface area (Å²) in [6.45, 7) is 10.2. The third-order valence-electron chi connectivity index (χ3n) is 5.77. The van der Waals surface area contributed by atoms with Crippen LogP contribution in [0.5, 0.6) is 5.75 Å². The molecule has 0 aromatic heterocycles. The van der Waals surface area contributed by atoms with E-state index >= 15 is 0 Å². The summed E-state index contributed by atoms with van der Waals surface area (Å²) in [6.07, 6.45) is -4.42. The Morgan fingerprint density at radius 2 is 1.59 bits per heavy atom. The predicted octanol–water partition coefficient (Wildman–Crippen LogP) is 5.51. The fourth-order valence-electron chi connectivity index (χ4n) is 3.77. The molecule has 1 heterocycles. The fraction of sp³-hybridized carbons (Fsp3) is 0.480. The van der Waals surface area contributed by atoms with Gasteiger partial charge >= 0.3 is 6.18 Å². The third kappa shape index (κ3) is 5.75. The number of carbonyl (C=O) groups excluding carboxylic acids is 1. The average Bonchev–Trinajstić information content (AvgIpc) is 2.76. The molecule has 1 aliphatic rings. The van der Waals surface area contributed by atoms with Gasteiger partial charge in [-0.25, -0.2) is 0 Å². The Kier molecular flexibility index (Phi) is 7.06. The quantitative estimate of drug-likeness (QED) is 0.605. The molecule has 1 fully saturated rings. The highest BCUT2D eigenvalue weighted by Crippen LogP contribution is 2.32. The van der Waals surface area contributed by atoms with Crippen molar-refractivity contribution < 1.29 is 22.7 Å². The minimum Gasteiger partial charge on any atom is -0.481 e. The Morgan fingerprint density at radius 1 is 0.969 bits per heavy atom. The smallest absolute Gasteiger partial charge is 0.416 e. The van der Waals surface area contributed by atoms with E-state index < -0.39 is 17.8 Å². The molecule has 0 N–H and O–H groups in total. The number of rotatable bonds is 5. The first kappa shape index (κ1) is 24.0. The Balaban J connectivity index is 1.60. The van der Waals surface area contributed by atoms with E-state index in [2.05, 4.69) is 20.8 Å². The molecule has 0 aliphatic carbocycles. The number of amides is 1. The van der Waals surface area contributed by atoms with Crippen LogP contribution in [-0.2, 0) is 16.4 Å². The van der Waals surface area contributed by atoms with Crippen LogP contribution in [0, 0.1) is 0 Å². The van der Waals surface area contributed by atoms with Crippen LogP contribution in [0.2, 0.25) is 0 Å². The van der Waals surface area contributed by atoms with Crippen molar-refractivity contribution in [3.63, 3.8) is 0 Å². The van der Waals surface area contributed by atoms with E-state index in [1.54, 1.807) is 11.0 Å². The largest absolute Gasteiger partial charge is 0.481 e. The molecule has 4 nitrogen and oxygen atoms in total. The molecule has 0 bridgehead atoms. The molecule has 32 heavy (non-hydrogen) atoms. The summed E-state index contributed by atoms with van der Waals surface area (Å²) in [4.78, 5) is 16.6. The maximum Gasteiger partial charge on any atom is 0.416 e. The van der Waals surface area contributed by atoms with Crippen molar-refractivity contribution >= 4 is 11.6 Å². The second-order valence-corrected chi connectivity index (χ2v) is 9.15. The summed E-state index contributed by atoms with van der Waals surface area (Å²) < 4.78 is 45.0. The summed E-state index contributed by atoms with van der Waals surface area (Å²) in [5, 5.41) is 0. The maximum atomic E-state index is 13.0. The zero-order chi connectivity index (χ0) is 23.5. The molecule has 2 aromatic carbocycles. The number of nitrogens with zero attached hydrogens (tertiary/aromatic N) is 2. The van der Waals surface area contributed by atoms with E-state index in [4.69, 9.17) is 4.74 Å². The van der Waals surface area contributed by atoms with Gasteiger partial charge in [-0.2, -0.15) is 13.2 Å². The zero-order valence-electron chi connectivity index (χ0n) is 19.1. The van der Waals surface area contributed by atoms with Gasteiger partial charge in [0.2, 0.25) is 0 Å². The van der Waals surface area contributed by atoms with Gasteiger partial charge < -0.3 is 14.5 Å². The van der Waals surface area contributed by atoms with Gasteiger partial charge in [-0.3, -0.25) is 4.79 Å². The van der Waals surface area contributed by atoms with Gasteiger partial charge in [-0.05, 0) is 47.7 Å². The van der Waals surface area contributed by atoms with Crippen molar-refractivity contribution in [1.29, 1.82) is 0 Å². The van der Waals surface area contributed by atoms with E-state index in [0.717, 1.165) is 12.1 Å². The van der Waals surface area contributed by atoms with Gasteiger partial charge in [0.25, 0.3) is 5.91 Å². The predicted molar refractivity (Wildman–Crippen MR) is 120 cm³/mol. The van der Waals surface area contributed by atoms with E-state index in [1.807, 2.05) is 36.1 Å². The second-order valence-electron chi connectivity index (χ2n) is 9.15. The summed E-state index contributed by atoms with van der Waals surface area (Å²) in [7, 11) is 0. The molecule has 1 atom stereocenters. The number of carbonyl (C=O) groups is 1. The highest BCUT2D eigenvalue weighted by Gasteiger charge is 2.32. The molecule has 0 saturated carbocycles. The minimum atomic E-state index is -4.37. The SMILES string of the molecule is CC[C@@H](Oc1ccc(C(C)(C)C)cc1)C(=O)N1CCN(c2cccc(C(F)(F)F)c2)CC1. The molecule has 1 saturated heterocycles. The standard InChI is InChI=1S/C25H31F3N2O2/c1-5-22(32-21-11-9-18(10-12-21)24(2,3)4)23(31)30-15-13-29(14-16-30)20-8-6-7-19(17-20)25(26,27)28/h6-12,17,22H,5,13-16H2,1-4H3/t22-/m1/s1. The topological polar surface area (TPSA) is 32.8 Å². The van der Waals surface area contributed by atoms with Crippen molar-refractivity contribution in [3.8, 4) is 5.75 Å². The van der Waals surface area contributed by atoms with Crippen molar-refractivity contribution in [2.45, 2.75) is 51.8 Å². The fourth-order valence-corrected chi connectivity index (χ4v) is 3.77. The Morgan fingerprint density at radius 3 is 2.12 bits per heavy atom. The molecule has 0 radical (unpaired) electrons. The Labute approximate surface area is 188 Å². The number of hydrogen-bond acceptors (Lipinski definition) is 3. The molecular weight excluding hydrogens is 417 g/mol. The van der Waals surface area contributed by atoms with Gasteiger partial charge in [0, 0.05) is 31.9 Å². The van der Waals surface area contributed by atoms with Crippen LogP contribution >= 0.6 is 0 Å². The van der Waals surface area contributed by atoms with Gasteiger partial charge in [-0.1, -0.05) is 45.9 Å². The summed E-state index contributed by atoms with van der Waals surface area (Å²) in [5.74, 6) is 0.567. The van der Waals surface area contributed by atoms with Crippen molar-refractivity contribution in [2.24, 2.45) is 0 Å². The first-order chi connectivity index (χ1) is 15.0. The Hall–Kier alpha value is -2.70. The van der Waals surface area contributed by atoms with E-state index in [9.17, 15) is 18.0 Å². The number of alkyl halides is 3. The number of benzene rings is 2. The normalized spacial score (nSPS) is 16.1. The van der Waals surface area contributed by atoms with Crippen molar-refractivity contribution in [1.82, 2.24) is 4.90 Å². The Bertz CT molecular complexity index is 912. The lowest BCUT2D eigenvalue weighted by Crippen LogP contribution is -2.52. The van der Waals surface area contributed by atoms with Gasteiger partial charge in [0.05, 0.1) is 5.56 Å². The molecule has 0 spiro atoms. The van der Waals surface area contributed by atoms with Crippen molar-refractivity contribution in [2.75, 3.05) is 31.1 Å². The molecule has 0 unspecified atom stereocenters. The lowest BCUT2D eigenvalue weighted by Gasteiger charge is -2.37. The van der Waals surface area contributed by atoms with E-state index in [0.29, 0.717) is 44.0 Å². The van der Waals surface area contributed by atoms with Crippen LogP contribution in [0.25, 0.3) is 0 Å². The number of halogens is 3. The van der Waals surface area contributed by atoms with Crippen molar-refractivity contribution in [3.05, 3.63) is 59.7 Å². The van der Waals surface area contributed by atoms with Gasteiger partial charge in [0.1, 0.15) is 5.75 Å². The molecular formula is C25H31F3N2O2. The molecule has 1 amide bonds. The van der Waals surface area contributed by atoms with E-state index in [1.165, 1.54) is 11.6 Å². The van der Waals surface area contributed by atoms with Crippen LogP contribution in [0.3, 0.4) is 0 Å². The molecule has 7 heteroatoms. The zero-order valence-corrected chi connectivity index (χ0v) is 19.1. The highest BCUT2D eigenvalue weighted by molar-refractivity contribution is 5.81. The maximum absolute atomic E-state index is 13.0. The summed E-state index contributed by atoms with van der Waals surface area (Å²) >= 11 is 0. The second kappa shape index (κ2) is 9.43. The third-order valence-corrected chi connectivity index (χ3v) is 5.77. The molecule has 174 valence electrons. The van der Waals surface area contributed by atoms with Crippen LogP contribution in [0.4, 0.5) is 18.9 Å². The van der Waals surface area contributed by atoms with Crippen LogP contribution in [-0.4, -0.2) is 43.1 Å². The van der Waals surface area contributed by atoms with E-state index in [-0.39, 0.29) is 11.3 Å². The monoisotopic (exact) mass is 448 g/mol. The lowest BCUT2D eigenvalue weighted by molar-refractivity contribution is -0.139. The summed E-state index contributed by atoms with van der Waals surface area (Å²) in [6, 6.07) is 13.1.